The average Bonchev–Trinajstić information content (AvgIpc) is 3.21. The third-order valence-corrected chi connectivity index (χ3v) is 6.49. The van der Waals surface area contributed by atoms with Crippen LogP contribution in [0.2, 0.25) is 5.02 Å². The lowest BCUT2D eigenvalue weighted by molar-refractivity contribution is -0.292. The van der Waals surface area contributed by atoms with Gasteiger partial charge in [0.25, 0.3) is 5.91 Å². The Labute approximate surface area is 210 Å². The number of hydrogen-bond donors (Lipinski definition) is 1. The lowest BCUT2D eigenvalue weighted by Crippen LogP contribution is -2.36. The van der Waals surface area contributed by atoms with Crippen LogP contribution in [-0.4, -0.2) is 36.8 Å². The minimum atomic E-state index is -6.34. The minimum Gasteiger partial charge on any atom is -0.334 e. The van der Waals surface area contributed by atoms with Gasteiger partial charge in [0.15, 0.2) is 11.5 Å². The van der Waals surface area contributed by atoms with Crippen LogP contribution in [0.5, 0.6) is 0 Å². The van der Waals surface area contributed by atoms with E-state index in [2.05, 4.69) is 19.8 Å². The van der Waals surface area contributed by atoms with Crippen LogP contribution >= 0.6 is 23.1 Å². The van der Waals surface area contributed by atoms with E-state index in [9.17, 15) is 39.9 Å². The average molecular weight is 571 g/mol. The fraction of sp³-hybridized carbons (Fsp3) is 0.350. The number of nitrogens with zero attached hydrogens (tertiary/aromatic N) is 5. The number of nitrogens with one attached hydrogen (secondary N) is 1. The number of nitriles is 1. The smallest absolute Gasteiger partial charge is 0.334 e. The lowest BCUT2D eigenvalue weighted by Gasteiger charge is -2.19. The number of carbonyl (C=O) groups is 1. The van der Waals surface area contributed by atoms with Gasteiger partial charge in [-0.25, -0.2) is 4.98 Å². The van der Waals surface area contributed by atoms with Crippen molar-refractivity contribution in [1.29, 1.82) is 5.26 Å². The number of halogens is 9. The molecule has 0 spiro atoms. The van der Waals surface area contributed by atoms with Crippen molar-refractivity contribution in [3.8, 4) is 28.2 Å². The topological polar surface area (TPSA) is 96.5 Å². The van der Waals surface area contributed by atoms with Gasteiger partial charge in [-0.1, -0.05) is 17.7 Å². The number of alkyl halides is 8. The molecule has 1 aliphatic carbocycles. The first-order chi connectivity index (χ1) is 17.0. The van der Waals surface area contributed by atoms with Crippen LogP contribution in [0.3, 0.4) is 0 Å². The van der Waals surface area contributed by atoms with E-state index < -0.39 is 52.5 Å². The number of aromatic nitrogens is 4. The van der Waals surface area contributed by atoms with Gasteiger partial charge in [-0.2, -0.15) is 49.9 Å². The van der Waals surface area contributed by atoms with Crippen molar-refractivity contribution in [1.82, 2.24) is 24.5 Å². The summed E-state index contributed by atoms with van der Waals surface area (Å²) in [5, 5.41) is 14.4. The van der Waals surface area contributed by atoms with Crippen molar-refractivity contribution in [3.05, 3.63) is 40.0 Å². The third kappa shape index (κ3) is 4.73. The Kier molecular flexibility index (Phi) is 6.23. The second-order valence-electron chi connectivity index (χ2n) is 8.03. The Morgan fingerprint density at radius 1 is 1.19 bits per heavy atom. The number of hydrogen-bond acceptors (Lipinski definition) is 6. The van der Waals surface area contributed by atoms with Gasteiger partial charge in [-0.3, -0.25) is 9.48 Å². The maximum Gasteiger partial charge on any atom is 0.459 e. The van der Waals surface area contributed by atoms with E-state index in [0.717, 1.165) is 7.05 Å². The summed E-state index contributed by atoms with van der Waals surface area (Å²) < 4.78 is 112. The summed E-state index contributed by atoms with van der Waals surface area (Å²) in [7, 11) is 0.745. The Morgan fingerprint density at radius 2 is 1.84 bits per heavy atom. The molecule has 3 aromatic rings. The second-order valence-corrected chi connectivity index (χ2v) is 9.19. The first-order valence-corrected chi connectivity index (χ1v) is 11.1. The van der Waals surface area contributed by atoms with Crippen LogP contribution in [-0.2, 0) is 19.1 Å². The molecule has 1 fully saturated rings. The van der Waals surface area contributed by atoms with E-state index in [1.54, 1.807) is 0 Å². The van der Waals surface area contributed by atoms with Gasteiger partial charge in [0.1, 0.15) is 21.8 Å². The summed E-state index contributed by atoms with van der Waals surface area (Å²) in [5.41, 5.74) is -7.03. The van der Waals surface area contributed by atoms with Crippen molar-refractivity contribution in [2.45, 2.75) is 36.7 Å². The van der Waals surface area contributed by atoms with Gasteiger partial charge in [0, 0.05) is 12.6 Å². The molecule has 1 aromatic carbocycles. The molecule has 0 unspecified atom stereocenters. The first kappa shape index (κ1) is 26.7. The number of amides is 1. The molecule has 0 saturated heterocycles. The number of carbonyl (C=O) groups excluding carboxylic acids is 1. The molecule has 1 N–H and O–H groups in total. The zero-order chi connectivity index (χ0) is 27.6. The Balaban J connectivity index is 1.77. The quantitative estimate of drug-likeness (QED) is 0.396. The molecule has 4 rings (SSSR count). The lowest BCUT2D eigenvalue weighted by atomic mass is 10.1. The summed E-state index contributed by atoms with van der Waals surface area (Å²) >= 11 is 6.57. The molecule has 1 saturated carbocycles. The highest BCUT2D eigenvalue weighted by Crippen LogP contribution is 2.50. The third-order valence-electron chi connectivity index (χ3n) is 5.40. The van der Waals surface area contributed by atoms with Gasteiger partial charge in [-0.05, 0) is 36.5 Å². The standard InChI is InChI=1S/C20H11ClF8N6OS/c1-35-12(11(19(24,25)26)13(33-35)18(22,23)20(27,28)29)14-31-16(37-34-14)8-2-3-10(21)9(6-8)15(36)32-17(7-30)4-5-17/h2-3,6H,4-5H2,1H3,(H,32,36). The molecule has 0 atom stereocenters. The van der Waals surface area contributed by atoms with E-state index in [4.69, 9.17) is 16.9 Å². The number of benzene rings is 1. The molecule has 17 heteroatoms. The zero-order valence-electron chi connectivity index (χ0n) is 18.1. The van der Waals surface area contributed by atoms with E-state index in [1.807, 2.05) is 6.07 Å². The first-order valence-electron chi connectivity index (χ1n) is 9.98. The molecule has 0 aliphatic heterocycles. The molecule has 1 aliphatic rings. The minimum absolute atomic E-state index is 0.00950. The number of aryl methyl sites for hydroxylation is 1. The van der Waals surface area contributed by atoms with Gasteiger partial charge >= 0.3 is 18.3 Å². The molecular weight excluding hydrogens is 560 g/mol. The fourth-order valence-corrected chi connectivity index (χ4v) is 4.21. The van der Waals surface area contributed by atoms with Crippen molar-refractivity contribution in [2.75, 3.05) is 0 Å². The Bertz CT molecular complexity index is 1430. The van der Waals surface area contributed by atoms with E-state index in [-0.39, 0.29) is 25.8 Å². The normalized spacial score (nSPS) is 15.4. The molecule has 2 aromatic heterocycles. The van der Waals surface area contributed by atoms with Crippen LogP contribution < -0.4 is 5.32 Å². The van der Waals surface area contributed by atoms with Crippen molar-refractivity contribution >= 4 is 29.0 Å². The van der Waals surface area contributed by atoms with Gasteiger partial charge < -0.3 is 5.32 Å². The zero-order valence-corrected chi connectivity index (χ0v) is 19.7. The molecule has 196 valence electrons. The summed E-state index contributed by atoms with van der Waals surface area (Å²) in [5.74, 6) is -7.41. The van der Waals surface area contributed by atoms with Crippen LogP contribution in [0, 0.1) is 11.3 Å². The maximum absolute atomic E-state index is 13.9. The second kappa shape index (κ2) is 8.62. The summed E-state index contributed by atoms with van der Waals surface area (Å²) in [6.45, 7) is 0. The van der Waals surface area contributed by atoms with Gasteiger partial charge in [-0.15, -0.1) is 0 Å². The van der Waals surface area contributed by atoms with Crippen molar-refractivity contribution < 1.29 is 39.9 Å². The highest BCUT2D eigenvalue weighted by Gasteiger charge is 2.64. The molecule has 0 bridgehead atoms. The highest BCUT2D eigenvalue weighted by atomic mass is 35.5. The molecular formula is C20H11ClF8N6OS. The van der Waals surface area contributed by atoms with Crippen LogP contribution in [0.15, 0.2) is 18.2 Å². The largest absolute Gasteiger partial charge is 0.459 e. The Hall–Kier alpha value is -3.32. The predicted molar refractivity (Wildman–Crippen MR) is 113 cm³/mol. The molecule has 2 heterocycles. The maximum atomic E-state index is 13.9. The van der Waals surface area contributed by atoms with Crippen LogP contribution in [0.25, 0.3) is 22.1 Å². The van der Waals surface area contributed by atoms with Gasteiger partial charge in [0.2, 0.25) is 0 Å². The van der Waals surface area contributed by atoms with Gasteiger partial charge in [0.05, 0.1) is 16.7 Å². The molecule has 0 radical (unpaired) electrons. The van der Waals surface area contributed by atoms with E-state index in [1.165, 1.54) is 18.2 Å². The molecule has 7 nitrogen and oxygen atoms in total. The summed E-state index contributed by atoms with van der Waals surface area (Å²) in [6.07, 6.45) is -11.1. The van der Waals surface area contributed by atoms with Crippen molar-refractivity contribution in [3.63, 3.8) is 0 Å². The summed E-state index contributed by atoms with van der Waals surface area (Å²) in [6, 6.07) is 5.82. The van der Waals surface area contributed by atoms with Crippen molar-refractivity contribution in [2.24, 2.45) is 7.05 Å². The molecule has 1 amide bonds. The highest BCUT2D eigenvalue weighted by molar-refractivity contribution is 7.09. The van der Waals surface area contributed by atoms with Crippen LogP contribution in [0.1, 0.15) is 34.5 Å². The summed E-state index contributed by atoms with van der Waals surface area (Å²) in [4.78, 5) is 16.5. The SMILES string of the molecule is Cn1nc(C(F)(F)C(F)(F)F)c(C(F)(F)F)c1-c1nsc(-c2ccc(Cl)c(C(=O)NC3(C#N)CC3)c2)n1. The van der Waals surface area contributed by atoms with Crippen LogP contribution in [0.4, 0.5) is 35.1 Å². The van der Waals surface area contributed by atoms with E-state index in [0.29, 0.717) is 24.4 Å². The Morgan fingerprint density at radius 3 is 2.38 bits per heavy atom. The number of rotatable bonds is 5. The fourth-order valence-electron chi connectivity index (χ4n) is 3.35. The molecule has 37 heavy (non-hydrogen) atoms. The predicted octanol–water partition coefficient (Wildman–Crippen LogP) is 5.72. The van der Waals surface area contributed by atoms with E-state index >= 15 is 0 Å². The monoisotopic (exact) mass is 570 g/mol.